The van der Waals surface area contributed by atoms with Crippen molar-refractivity contribution < 1.29 is 14.2 Å². The Labute approximate surface area is 120 Å². The van der Waals surface area contributed by atoms with Crippen molar-refractivity contribution in [3.8, 4) is 5.75 Å². The van der Waals surface area contributed by atoms with Gasteiger partial charge in [-0.2, -0.15) is 0 Å². The van der Waals surface area contributed by atoms with Gasteiger partial charge in [-0.3, -0.25) is 0 Å². The SMILES string of the molecule is CNC(CCOCCOC)c1cc(Cl)ccc1OC. The van der Waals surface area contributed by atoms with Crippen LogP contribution in [0.25, 0.3) is 0 Å². The Morgan fingerprint density at radius 3 is 2.63 bits per heavy atom. The molecule has 1 aromatic carbocycles. The lowest BCUT2D eigenvalue weighted by Crippen LogP contribution is -2.19. The van der Waals surface area contributed by atoms with Crippen LogP contribution in [0.4, 0.5) is 0 Å². The fraction of sp³-hybridized carbons (Fsp3) is 0.571. The van der Waals surface area contributed by atoms with Crippen LogP contribution in [0.15, 0.2) is 18.2 Å². The van der Waals surface area contributed by atoms with Crippen molar-refractivity contribution in [2.45, 2.75) is 12.5 Å². The van der Waals surface area contributed by atoms with Gasteiger partial charge in [-0.1, -0.05) is 11.6 Å². The van der Waals surface area contributed by atoms with E-state index in [1.165, 1.54) is 0 Å². The molecule has 0 aliphatic rings. The fourth-order valence-corrected chi connectivity index (χ4v) is 2.06. The van der Waals surface area contributed by atoms with Crippen LogP contribution in [0.1, 0.15) is 18.0 Å². The lowest BCUT2D eigenvalue weighted by molar-refractivity contribution is 0.0660. The van der Waals surface area contributed by atoms with Gasteiger partial charge in [0.05, 0.1) is 20.3 Å². The lowest BCUT2D eigenvalue weighted by atomic mass is 10.0. The molecule has 1 N–H and O–H groups in total. The summed E-state index contributed by atoms with van der Waals surface area (Å²) in [7, 11) is 5.24. The van der Waals surface area contributed by atoms with E-state index in [2.05, 4.69) is 5.32 Å². The standard InChI is InChI=1S/C14H22ClNO3/c1-16-13(6-7-19-9-8-17-2)12-10-11(15)4-5-14(12)18-3/h4-5,10,13,16H,6-9H2,1-3H3. The summed E-state index contributed by atoms with van der Waals surface area (Å²) >= 11 is 6.05. The van der Waals surface area contributed by atoms with Crippen LogP contribution < -0.4 is 10.1 Å². The van der Waals surface area contributed by atoms with Gasteiger partial charge in [0.2, 0.25) is 0 Å². The molecule has 4 nitrogen and oxygen atoms in total. The average Bonchev–Trinajstić information content (AvgIpc) is 2.43. The van der Waals surface area contributed by atoms with E-state index >= 15 is 0 Å². The van der Waals surface area contributed by atoms with Gasteiger partial charge in [-0.15, -0.1) is 0 Å². The summed E-state index contributed by atoms with van der Waals surface area (Å²) in [6.07, 6.45) is 0.844. The van der Waals surface area contributed by atoms with Crippen LogP contribution in [0.2, 0.25) is 5.02 Å². The van der Waals surface area contributed by atoms with Crippen molar-refractivity contribution in [2.24, 2.45) is 0 Å². The molecule has 1 unspecified atom stereocenters. The van der Waals surface area contributed by atoms with Gasteiger partial charge >= 0.3 is 0 Å². The molecule has 0 radical (unpaired) electrons. The maximum absolute atomic E-state index is 6.05. The zero-order valence-electron chi connectivity index (χ0n) is 11.7. The molecule has 0 amide bonds. The van der Waals surface area contributed by atoms with E-state index in [9.17, 15) is 0 Å². The van der Waals surface area contributed by atoms with Gasteiger partial charge in [-0.25, -0.2) is 0 Å². The molecule has 0 aliphatic heterocycles. The third-order valence-corrected chi connectivity index (χ3v) is 3.13. The van der Waals surface area contributed by atoms with Crippen LogP contribution in [0, 0.1) is 0 Å². The zero-order chi connectivity index (χ0) is 14.1. The molecule has 0 fully saturated rings. The third-order valence-electron chi connectivity index (χ3n) is 2.90. The quantitative estimate of drug-likeness (QED) is 0.709. The molecular formula is C14H22ClNO3. The first-order valence-electron chi connectivity index (χ1n) is 6.30. The highest BCUT2D eigenvalue weighted by Gasteiger charge is 2.14. The highest BCUT2D eigenvalue weighted by molar-refractivity contribution is 6.30. The normalized spacial score (nSPS) is 12.4. The van der Waals surface area contributed by atoms with Crippen molar-refractivity contribution in [1.29, 1.82) is 0 Å². The summed E-state index contributed by atoms with van der Waals surface area (Å²) in [5, 5.41) is 3.97. The molecular weight excluding hydrogens is 266 g/mol. The minimum Gasteiger partial charge on any atom is -0.496 e. The van der Waals surface area contributed by atoms with Crippen LogP contribution in [-0.2, 0) is 9.47 Å². The molecule has 1 rings (SSSR count). The highest BCUT2D eigenvalue weighted by atomic mass is 35.5. The Bertz CT molecular complexity index is 374. The van der Waals surface area contributed by atoms with Gasteiger partial charge < -0.3 is 19.5 Å². The molecule has 0 aromatic heterocycles. The topological polar surface area (TPSA) is 39.7 Å². The summed E-state index contributed by atoms with van der Waals surface area (Å²) in [5.41, 5.74) is 1.05. The number of ether oxygens (including phenoxy) is 3. The second-order valence-corrected chi connectivity index (χ2v) is 4.56. The lowest BCUT2D eigenvalue weighted by Gasteiger charge is -2.19. The number of rotatable bonds is 9. The smallest absolute Gasteiger partial charge is 0.123 e. The zero-order valence-corrected chi connectivity index (χ0v) is 12.5. The summed E-state index contributed by atoms with van der Waals surface area (Å²) in [6.45, 7) is 1.88. The van der Waals surface area contributed by atoms with Crippen LogP contribution in [-0.4, -0.2) is 41.1 Å². The molecule has 0 heterocycles. The van der Waals surface area contributed by atoms with E-state index in [1.807, 2.05) is 25.2 Å². The molecule has 0 aliphatic carbocycles. The van der Waals surface area contributed by atoms with Gasteiger partial charge in [0.25, 0.3) is 0 Å². The summed E-state index contributed by atoms with van der Waals surface area (Å²) < 4.78 is 15.8. The number of nitrogens with one attached hydrogen (secondary N) is 1. The summed E-state index contributed by atoms with van der Waals surface area (Å²) in [5.74, 6) is 0.834. The van der Waals surface area contributed by atoms with Crippen molar-refractivity contribution in [3.63, 3.8) is 0 Å². The first-order valence-corrected chi connectivity index (χ1v) is 6.68. The minimum atomic E-state index is 0.149. The third kappa shape index (κ3) is 5.37. The van der Waals surface area contributed by atoms with Crippen LogP contribution >= 0.6 is 11.6 Å². The van der Waals surface area contributed by atoms with Gasteiger partial charge in [0.1, 0.15) is 5.75 Å². The van der Waals surface area contributed by atoms with Crippen molar-refractivity contribution in [1.82, 2.24) is 5.32 Å². The Morgan fingerprint density at radius 2 is 2.00 bits per heavy atom. The Hall–Kier alpha value is -0.810. The molecule has 19 heavy (non-hydrogen) atoms. The minimum absolute atomic E-state index is 0.149. The fourth-order valence-electron chi connectivity index (χ4n) is 1.88. The van der Waals surface area contributed by atoms with Crippen molar-refractivity contribution in [3.05, 3.63) is 28.8 Å². The molecule has 5 heteroatoms. The molecule has 0 saturated heterocycles. The molecule has 108 valence electrons. The van der Waals surface area contributed by atoms with Crippen molar-refractivity contribution >= 4 is 11.6 Å². The molecule has 0 saturated carbocycles. The largest absolute Gasteiger partial charge is 0.496 e. The molecule has 0 spiro atoms. The van der Waals surface area contributed by atoms with Gasteiger partial charge in [-0.05, 0) is 31.7 Å². The number of hydrogen-bond acceptors (Lipinski definition) is 4. The van der Waals surface area contributed by atoms with E-state index in [0.29, 0.717) is 24.8 Å². The maximum Gasteiger partial charge on any atom is 0.123 e. The van der Waals surface area contributed by atoms with Crippen LogP contribution in [0.3, 0.4) is 0 Å². The first-order chi connectivity index (χ1) is 9.22. The average molecular weight is 288 g/mol. The van der Waals surface area contributed by atoms with E-state index in [-0.39, 0.29) is 6.04 Å². The second kappa shape index (κ2) is 9.15. The Balaban J connectivity index is 2.60. The van der Waals surface area contributed by atoms with Gasteiger partial charge in [0, 0.05) is 30.3 Å². The van der Waals surface area contributed by atoms with Crippen LogP contribution in [0.5, 0.6) is 5.75 Å². The number of methoxy groups -OCH3 is 2. The van der Waals surface area contributed by atoms with E-state index in [4.69, 9.17) is 25.8 Å². The number of halogens is 1. The molecule has 1 atom stereocenters. The summed E-state index contributed by atoms with van der Waals surface area (Å²) in [4.78, 5) is 0. The predicted octanol–water partition coefficient (Wildman–Crippen LogP) is 2.66. The monoisotopic (exact) mass is 287 g/mol. The van der Waals surface area contributed by atoms with E-state index < -0.39 is 0 Å². The number of hydrogen-bond donors (Lipinski definition) is 1. The Morgan fingerprint density at radius 1 is 1.21 bits per heavy atom. The van der Waals surface area contributed by atoms with Crippen molar-refractivity contribution in [2.75, 3.05) is 41.1 Å². The second-order valence-electron chi connectivity index (χ2n) is 4.12. The van der Waals surface area contributed by atoms with E-state index in [1.54, 1.807) is 14.2 Å². The summed E-state index contributed by atoms with van der Waals surface area (Å²) in [6, 6.07) is 5.78. The molecule has 1 aromatic rings. The predicted molar refractivity (Wildman–Crippen MR) is 77.1 cm³/mol. The number of benzene rings is 1. The van der Waals surface area contributed by atoms with E-state index in [0.717, 1.165) is 17.7 Å². The highest BCUT2D eigenvalue weighted by Crippen LogP contribution is 2.29. The molecule has 0 bridgehead atoms. The van der Waals surface area contributed by atoms with Gasteiger partial charge in [0.15, 0.2) is 0 Å². The Kier molecular flexibility index (Phi) is 7.82. The maximum atomic E-state index is 6.05. The first kappa shape index (κ1) is 16.2.